The van der Waals surface area contributed by atoms with E-state index in [1.165, 1.54) is 0 Å². The van der Waals surface area contributed by atoms with Crippen molar-refractivity contribution in [1.82, 2.24) is 0 Å². The van der Waals surface area contributed by atoms with Crippen molar-refractivity contribution in [3.8, 4) is 0 Å². The zero-order valence-corrected chi connectivity index (χ0v) is 11.0. The number of unbranched alkanes of at least 4 members (excludes halogenated alkanes) is 5. The first-order chi connectivity index (χ1) is 7.27. The molecule has 0 aromatic carbocycles. The van der Waals surface area contributed by atoms with Crippen molar-refractivity contribution in [2.75, 3.05) is 5.75 Å². The van der Waals surface area contributed by atoms with E-state index in [2.05, 4.69) is 10.9 Å². The predicted molar refractivity (Wildman–Crippen MR) is 67.4 cm³/mol. The summed E-state index contributed by atoms with van der Waals surface area (Å²) in [5.74, 6) is -0.343. The molecule has 0 aromatic rings. The molecular formula is C8H20NaO6PS. The van der Waals surface area contributed by atoms with E-state index in [1.807, 2.05) is 0 Å². The zero-order valence-electron chi connectivity index (χ0n) is 9.33. The van der Waals surface area contributed by atoms with Gasteiger partial charge in [0.05, 0.1) is 5.75 Å². The third-order valence-electron chi connectivity index (χ3n) is 1.96. The third-order valence-corrected chi connectivity index (χ3v) is 4.43. The summed E-state index contributed by atoms with van der Waals surface area (Å²) in [6.45, 7) is 2.08. The molecule has 0 aliphatic heterocycles. The van der Waals surface area contributed by atoms with Gasteiger partial charge in [0, 0.05) is 0 Å². The Kier molecular flexibility index (Phi) is 11.9. The van der Waals surface area contributed by atoms with E-state index in [4.69, 9.17) is 9.79 Å². The quantitative estimate of drug-likeness (QED) is 0.376. The summed E-state index contributed by atoms with van der Waals surface area (Å²) in [5.41, 5.74) is 0. The molecule has 0 fully saturated rings. The van der Waals surface area contributed by atoms with E-state index in [9.17, 15) is 13.0 Å². The van der Waals surface area contributed by atoms with Gasteiger partial charge in [-0.3, -0.25) is 0 Å². The molecule has 0 aliphatic carbocycles. The maximum absolute atomic E-state index is 11.0. The Morgan fingerprint density at radius 2 is 1.53 bits per heavy atom. The van der Waals surface area contributed by atoms with E-state index in [0.29, 0.717) is 6.42 Å². The Morgan fingerprint density at radius 1 is 1.06 bits per heavy atom. The third kappa shape index (κ3) is 15.0. The van der Waals surface area contributed by atoms with Gasteiger partial charge in [-0.2, -0.15) is 12.4 Å². The molecule has 0 atom stereocenters. The first kappa shape index (κ1) is 20.4. The van der Waals surface area contributed by atoms with Crippen molar-refractivity contribution < 1.29 is 26.7 Å². The number of rotatable bonds is 9. The molecule has 0 aromatic heterocycles. The van der Waals surface area contributed by atoms with Crippen LogP contribution in [0.2, 0.25) is 0 Å². The van der Waals surface area contributed by atoms with Crippen LogP contribution in [0.4, 0.5) is 0 Å². The summed E-state index contributed by atoms with van der Waals surface area (Å²) in [6.07, 6.45) is 5.30. The van der Waals surface area contributed by atoms with Crippen LogP contribution >= 0.6 is 7.82 Å². The van der Waals surface area contributed by atoms with E-state index in [1.54, 1.807) is 0 Å². The zero-order chi connectivity index (χ0) is 12.7. The monoisotopic (exact) mass is 298 g/mol. The maximum atomic E-state index is 11.0. The van der Waals surface area contributed by atoms with Gasteiger partial charge < -0.3 is 9.79 Å². The molecule has 9 heteroatoms. The Labute approximate surface area is 125 Å². The number of hydrogen-bond acceptors (Lipinski definition) is 4. The van der Waals surface area contributed by atoms with Crippen LogP contribution in [-0.4, -0.2) is 53.5 Å². The van der Waals surface area contributed by atoms with Gasteiger partial charge >= 0.3 is 37.4 Å². The van der Waals surface area contributed by atoms with Gasteiger partial charge in [0.25, 0.3) is 10.1 Å². The standard InChI is InChI=1S/C8H19O6PS.Na.H/c1-2-3-4-5-6-7-8-16(12,13)14-15(9,10)11;;/h2-8H2,1H3,(H2,9,10,11);;. The van der Waals surface area contributed by atoms with Gasteiger partial charge in [-0.1, -0.05) is 39.0 Å². The molecular weight excluding hydrogens is 278 g/mol. The summed E-state index contributed by atoms with van der Waals surface area (Å²) in [7, 11) is -9.04. The Bertz CT molecular complexity index is 325. The van der Waals surface area contributed by atoms with E-state index in [-0.39, 0.29) is 35.3 Å². The fourth-order valence-corrected chi connectivity index (χ4v) is 3.28. The first-order valence-electron chi connectivity index (χ1n) is 5.26. The second-order valence-corrected chi connectivity index (χ2v) is 6.70. The van der Waals surface area contributed by atoms with Crippen LogP contribution in [0, 0.1) is 0 Å². The van der Waals surface area contributed by atoms with Crippen LogP contribution in [-0.2, 0) is 18.7 Å². The van der Waals surface area contributed by atoms with Crippen molar-refractivity contribution in [2.24, 2.45) is 0 Å². The molecule has 0 unspecified atom stereocenters. The molecule has 2 N–H and O–H groups in total. The van der Waals surface area contributed by atoms with Crippen LogP contribution in [0.25, 0.3) is 0 Å². The van der Waals surface area contributed by atoms with Gasteiger partial charge in [0.1, 0.15) is 0 Å². The average Bonchev–Trinajstić information content (AvgIpc) is 2.06. The summed E-state index contributed by atoms with van der Waals surface area (Å²) in [5, 5.41) is 0. The van der Waals surface area contributed by atoms with Crippen molar-refractivity contribution in [1.29, 1.82) is 0 Å². The molecule has 0 saturated heterocycles. The summed E-state index contributed by atoms with van der Waals surface area (Å²) < 4.78 is 36.0. The Morgan fingerprint density at radius 3 is 2.00 bits per heavy atom. The van der Waals surface area contributed by atoms with Gasteiger partial charge in [-0.05, 0) is 6.42 Å². The molecule has 0 saturated carbocycles. The first-order valence-corrected chi connectivity index (χ1v) is 8.37. The second-order valence-electron chi connectivity index (χ2n) is 3.59. The van der Waals surface area contributed by atoms with Crippen LogP contribution in [0.3, 0.4) is 0 Å². The second kappa shape index (κ2) is 9.92. The van der Waals surface area contributed by atoms with Crippen LogP contribution < -0.4 is 0 Å². The van der Waals surface area contributed by atoms with Gasteiger partial charge in [-0.15, -0.1) is 0 Å². The molecule has 0 radical (unpaired) electrons. The predicted octanol–water partition coefficient (Wildman–Crippen LogP) is 1.14. The minimum atomic E-state index is -4.94. The van der Waals surface area contributed by atoms with E-state index < -0.39 is 17.9 Å². The molecule has 6 nitrogen and oxygen atoms in total. The van der Waals surface area contributed by atoms with Crippen molar-refractivity contribution >= 4 is 47.5 Å². The summed E-state index contributed by atoms with van der Waals surface area (Å²) in [4.78, 5) is 16.7. The van der Waals surface area contributed by atoms with Crippen LogP contribution in [0.1, 0.15) is 45.4 Å². The van der Waals surface area contributed by atoms with Gasteiger partial charge in [0.15, 0.2) is 0 Å². The topological polar surface area (TPSA) is 101 Å². The molecule has 17 heavy (non-hydrogen) atoms. The van der Waals surface area contributed by atoms with E-state index >= 15 is 0 Å². The van der Waals surface area contributed by atoms with Crippen LogP contribution in [0.5, 0.6) is 0 Å². The molecule has 0 rings (SSSR count). The average molecular weight is 298 g/mol. The minimum absolute atomic E-state index is 0. The Balaban J connectivity index is 0. The number of hydrogen-bond donors (Lipinski definition) is 2. The fraction of sp³-hybridized carbons (Fsp3) is 1.00. The normalized spacial score (nSPS) is 12.2. The van der Waals surface area contributed by atoms with Crippen molar-refractivity contribution in [3.63, 3.8) is 0 Å². The molecule has 100 valence electrons. The summed E-state index contributed by atoms with van der Waals surface area (Å²) in [6, 6.07) is 0. The Hall–Kier alpha value is 1.06. The molecule has 0 heterocycles. The number of phosphoric acid groups is 1. The fourth-order valence-electron chi connectivity index (χ4n) is 1.24. The molecule has 0 spiro atoms. The molecule has 0 bridgehead atoms. The molecule has 0 aliphatic rings. The van der Waals surface area contributed by atoms with Gasteiger partial charge in [0.2, 0.25) is 0 Å². The molecule has 0 amide bonds. The van der Waals surface area contributed by atoms with Crippen molar-refractivity contribution in [2.45, 2.75) is 45.4 Å². The van der Waals surface area contributed by atoms with Crippen LogP contribution in [0.15, 0.2) is 0 Å². The summed E-state index contributed by atoms with van der Waals surface area (Å²) >= 11 is 0. The van der Waals surface area contributed by atoms with Crippen molar-refractivity contribution in [3.05, 3.63) is 0 Å². The SMILES string of the molecule is CCCCCCCCS(=O)(=O)OP(=O)(O)O.[NaH]. The van der Waals surface area contributed by atoms with E-state index in [0.717, 1.165) is 32.1 Å². The van der Waals surface area contributed by atoms with Gasteiger partial charge in [-0.25, -0.2) is 4.57 Å².